The number of carbonyl (C=O) groups is 2. The quantitative estimate of drug-likeness (QED) is 0.804. The first-order valence-corrected chi connectivity index (χ1v) is 7.32. The summed E-state index contributed by atoms with van der Waals surface area (Å²) in [5.74, 6) is 0.186. The van der Waals surface area contributed by atoms with Gasteiger partial charge in [0.1, 0.15) is 12.4 Å². The standard InChI is InChI=1S/C16H20FN3O3/c1-19-15(21)9-20-5-4-12-6-13(2-3-14(12)16(20)22)23-10-11(7-17)8-18/h2-3,6-7H,4-5,8-10,18H2,1H3,(H,19,21)/b11-7+. The third-order valence-electron chi connectivity index (χ3n) is 3.70. The average Bonchev–Trinajstić information content (AvgIpc) is 2.58. The van der Waals surface area contributed by atoms with E-state index in [2.05, 4.69) is 5.32 Å². The summed E-state index contributed by atoms with van der Waals surface area (Å²) >= 11 is 0. The molecule has 1 aliphatic heterocycles. The van der Waals surface area contributed by atoms with Crippen molar-refractivity contribution in [1.29, 1.82) is 0 Å². The summed E-state index contributed by atoms with van der Waals surface area (Å²) in [6.07, 6.45) is 1.08. The first-order chi connectivity index (χ1) is 11.1. The zero-order valence-electron chi connectivity index (χ0n) is 13.0. The monoisotopic (exact) mass is 321 g/mol. The summed E-state index contributed by atoms with van der Waals surface area (Å²) in [6.45, 7) is 0.687. The van der Waals surface area contributed by atoms with E-state index in [0.29, 0.717) is 36.2 Å². The molecule has 1 aliphatic rings. The zero-order chi connectivity index (χ0) is 16.8. The fourth-order valence-corrected chi connectivity index (χ4v) is 2.32. The molecular formula is C16H20FN3O3. The van der Waals surface area contributed by atoms with Gasteiger partial charge in [-0.05, 0) is 30.2 Å². The Labute approximate surface area is 134 Å². The van der Waals surface area contributed by atoms with Crippen molar-refractivity contribution in [2.24, 2.45) is 5.73 Å². The molecule has 0 spiro atoms. The van der Waals surface area contributed by atoms with Gasteiger partial charge in [0.2, 0.25) is 5.91 Å². The highest BCUT2D eigenvalue weighted by Gasteiger charge is 2.25. The molecule has 0 unspecified atom stereocenters. The number of carbonyl (C=O) groups excluding carboxylic acids is 2. The van der Waals surface area contributed by atoms with Gasteiger partial charge in [-0.15, -0.1) is 0 Å². The van der Waals surface area contributed by atoms with Gasteiger partial charge in [-0.2, -0.15) is 0 Å². The van der Waals surface area contributed by atoms with Crippen LogP contribution in [0.15, 0.2) is 30.1 Å². The molecule has 1 heterocycles. The van der Waals surface area contributed by atoms with Crippen molar-refractivity contribution >= 4 is 11.8 Å². The van der Waals surface area contributed by atoms with Crippen LogP contribution in [0.1, 0.15) is 15.9 Å². The molecule has 1 aromatic rings. The fraction of sp³-hybridized carbons (Fsp3) is 0.375. The van der Waals surface area contributed by atoms with E-state index in [1.807, 2.05) is 0 Å². The summed E-state index contributed by atoms with van der Waals surface area (Å²) in [4.78, 5) is 25.3. The number of ether oxygens (including phenoxy) is 1. The van der Waals surface area contributed by atoms with E-state index < -0.39 is 0 Å². The predicted octanol–water partition coefficient (Wildman–Crippen LogP) is 0.622. The van der Waals surface area contributed by atoms with Gasteiger partial charge in [0.15, 0.2) is 0 Å². The molecule has 23 heavy (non-hydrogen) atoms. The number of hydrogen-bond donors (Lipinski definition) is 2. The molecule has 3 N–H and O–H groups in total. The second-order valence-corrected chi connectivity index (χ2v) is 5.23. The van der Waals surface area contributed by atoms with E-state index in [-0.39, 0.29) is 31.5 Å². The molecule has 0 aliphatic carbocycles. The van der Waals surface area contributed by atoms with Crippen LogP contribution in [0.2, 0.25) is 0 Å². The molecule has 0 saturated heterocycles. The topological polar surface area (TPSA) is 84.7 Å². The second kappa shape index (κ2) is 7.73. The van der Waals surface area contributed by atoms with E-state index >= 15 is 0 Å². The Kier molecular flexibility index (Phi) is 5.70. The lowest BCUT2D eigenvalue weighted by atomic mass is 9.98. The number of halogens is 1. The van der Waals surface area contributed by atoms with Crippen molar-refractivity contribution in [2.45, 2.75) is 6.42 Å². The third-order valence-corrected chi connectivity index (χ3v) is 3.70. The fourth-order valence-electron chi connectivity index (χ4n) is 2.32. The van der Waals surface area contributed by atoms with Crippen LogP contribution in [0, 0.1) is 0 Å². The number of rotatable bonds is 6. The van der Waals surface area contributed by atoms with Gasteiger partial charge in [0.05, 0.1) is 12.9 Å². The molecule has 1 aromatic carbocycles. The van der Waals surface area contributed by atoms with Crippen LogP contribution in [0.4, 0.5) is 4.39 Å². The molecule has 0 radical (unpaired) electrons. The van der Waals surface area contributed by atoms with E-state index in [1.54, 1.807) is 18.2 Å². The van der Waals surface area contributed by atoms with Crippen LogP contribution < -0.4 is 15.8 Å². The van der Waals surface area contributed by atoms with E-state index in [0.717, 1.165) is 5.56 Å². The van der Waals surface area contributed by atoms with Crippen molar-refractivity contribution in [3.05, 3.63) is 41.2 Å². The molecule has 2 amide bonds. The number of nitrogens with two attached hydrogens (primary N) is 1. The van der Waals surface area contributed by atoms with Crippen LogP contribution in [0.3, 0.4) is 0 Å². The van der Waals surface area contributed by atoms with Gasteiger partial charge in [0.25, 0.3) is 5.91 Å². The Bertz CT molecular complexity index is 631. The maximum atomic E-state index is 12.5. The highest BCUT2D eigenvalue weighted by Crippen LogP contribution is 2.24. The van der Waals surface area contributed by atoms with Gasteiger partial charge in [-0.25, -0.2) is 4.39 Å². The molecule has 0 fully saturated rings. The van der Waals surface area contributed by atoms with E-state index in [4.69, 9.17) is 10.5 Å². The van der Waals surface area contributed by atoms with Crippen LogP contribution >= 0.6 is 0 Å². The van der Waals surface area contributed by atoms with Crippen molar-refractivity contribution in [2.75, 3.05) is 33.3 Å². The maximum absolute atomic E-state index is 12.5. The first-order valence-electron chi connectivity index (χ1n) is 7.32. The minimum Gasteiger partial charge on any atom is -0.489 e. The third kappa shape index (κ3) is 4.07. The number of likely N-dealkylation sites (N-methyl/N-ethyl adjacent to an activating group) is 1. The minimum atomic E-state index is -0.200. The van der Waals surface area contributed by atoms with Crippen LogP contribution in [0.25, 0.3) is 0 Å². The molecule has 0 bridgehead atoms. The number of amides is 2. The normalized spacial score (nSPS) is 14.5. The smallest absolute Gasteiger partial charge is 0.254 e. The summed E-state index contributed by atoms with van der Waals surface area (Å²) in [5, 5.41) is 2.51. The molecular weight excluding hydrogens is 301 g/mol. The Morgan fingerprint density at radius 3 is 2.96 bits per heavy atom. The predicted molar refractivity (Wildman–Crippen MR) is 83.9 cm³/mol. The van der Waals surface area contributed by atoms with E-state index in [9.17, 15) is 14.0 Å². The second-order valence-electron chi connectivity index (χ2n) is 5.23. The number of fused-ring (bicyclic) bond motifs is 1. The van der Waals surface area contributed by atoms with Gasteiger partial charge >= 0.3 is 0 Å². The average molecular weight is 321 g/mol. The molecule has 0 saturated carbocycles. The Morgan fingerprint density at radius 1 is 1.52 bits per heavy atom. The van der Waals surface area contributed by atoms with Crippen LogP contribution in [-0.2, 0) is 11.2 Å². The lowest BCUT2D eigenvalue weighted by molar-refractivity contribution is -0.121. The first kappa shape index (κ1) is 17.0. The summed E-state index contributed by atoms with van der Waals surface area (Å²) in [5.41, 5.74) is 7.15. The Balaban J connectivity index is 2.08. The molecule has 0 aromatic heterocycles. The number of nitrogens with one attached hydrogen (secondary N) is 1. The van der Waals surface area contributed by atoms with Gasteiger partial charge < -0.3 is 20.7 Å². The molecule has 7 heteroatoms. The van der Waals surface area contributed by atoms with Gasteiger partial charge in [0, 0.05) is 31.3 Å². The van der Waals surface area contributed by atoms with Gasteiger partial charge in [-0.3, -0.25) is 9.59 Å². The molecule has 6 nitrogen and oxygen atoms in total. The molecule has 124 valence electrons. The minimum absolute atomic E-state index is 0.0498. The van der Waals surface area contributed by atoms with Crippen molar-refractivity contribution in [1.82, 2.24) is 10.2 Å². The largest absolute Gasteiger partial charge is 0.489 e. The number of nitrogens with zero attached hydrogens (tertiary/aromatic N) is 1. The molecule has 0 atom stereocenters. The molecule has 2 rings (SSSR count). The van der Waals surface area contributed by atoms with Crippen molar-refractivity contribution < 1.29 is 18.7 Å². The Morgan fingerprint density at radius 2 is 2.30 bits per heavy atom. The highest BCUT2D eigenvalue weighted by atomic mass is 19.1. The van der Waals surface area contributed by atoms with Crippen LogP contribution in [-0.4, -0.2) is 50.0 Å². The highest BCUT2D eigenvalue weighted by molar-refractivity contribution is 5.98. The lowest BCUT2D eigenvalue weighted by Gasteiger charge is -2.28. The SMILES string of the molecule is CNC(=O)CN1CCc2cc(OC/C(=C/F)CN)ccc2C1=O. The maximum Gasteiger partial charge on any atom is 0.254 e. The van der Waals surface area contributed by atoms with Crippen molar-refractivity contribution in [3.63, 3.8) is 0 Å². The van der Waals surface area contributed by atoms with Gasteiger partial charge in [-0.1, -0.05) is 0 Å². The van der Waals surface area contributed by atoms with Crippen molar-refractivity contribution in [3.8, 4) is 5.75 Å². The van der Waals surface area contributed by atoms with Crippen LogP contribution in [0.5, 0.6) is 5.75 Å². The lowest BCUT2D eigenvalue weighted by Crippen LogP contribution is -2.43. The summed E-state index contributed by atoms with van der Waals surface area (Å²) in [7, 11) is 1.54. The summed E-state index contributed by atoms with van der Waals surface area (Å²) in [6, 6.07) is 5.10. The number of hydrogen-bond acceptors (Lipinski definition) is 4. The zero-order valence-corrected chi connectivity index (χ0v) is 13.0. The number of benzene rings is 1. The van der Waals surface area contributed by atoms with E-state index in [1.165, 1.54) is 11.9 Å². The Hall–Kier alpha value is -2.41. The summed E-state index contributed by atoms with van der Waals surface area (Å²) < 4.78 is 17.9.